The van der Waals surface area contributed by atoms with Crippen molar-refractivity contribution in [3.05, 3.63) is 70.8 Å². The molecule has 0 saturated heterocycles. The van der Waals surface area contributed by atoms with Crippen LogP contribution in [-0.4, -0.2) is 47.9 Å². The van der Waals surface area contributed by atoms with Gasteiger partial charge in [-0.25, -0.2) is 9.59 Å². The first-order valence-electron chi connectivity index (χ1n) is 16.4. The minimum atomic E-state index is -0.482. The van der Waals surface area contributed by atoms with Crippen molar-refractivity contribution >= 4 is 66.8 Å². The Morgan fingerprint density at radius 3 is 1.53 bits per heavy atom. The van der Waals surface area contributed by atoms with Crippen LogP contribution in [-0.2, 0) is 9.47 Å². The number of carbonyl (C=O) groups is 4. The summed E-state index contributed by atoms with van der Waals surface area (Å²) in [4.78, 5) is 56.3. The molecule has 1 fully saturated rings. The van der Waals surface area contributed by atoms with Gasteiger partial charge in [-0.2, -0.15) is 0 Å². The van der Waals surface area contributed by atoms with Crippen LogP contribution in [0.1, 0.15) is 113 Å². The molecule has 2 amide bonds. The Morgan fingerprint density at radius 2 is 1.07 bits per heavy atom. The van der Waals surface area contributed by atoms with Gasteiger partial charge in [0.2, 0.25) is 0 Å². The van der Waals surface area contributed by atoms with E-state index < -0.39 is 11.9 Å². The number of fused-ring (bicyclic) bond motifs is 2. The number of nitrogens with zero attached hydrogens (tertiary/aromatic N) is 1. The number of hydrogen-bond acceptors (Lipinski definition) is 6. The van der Waals surface area contributed by atoms with Crippen LogP contribution in [0.2, 0.25) is 0 Å². The zero-order valence-electron chi connectivity index (χ0n) is 25.9. The highest BCUT2D eigenvalue weighted by molar-refractivity contribution is 6.39. The maximum atomic E-state index is 13.9. The van der Waals surface area contributed by atoms with Gasteiger partial charge >= 0.3 is 11.9 Å². The minimum Gasteiger partial charge on any atom is -0.462 e. The lowest BCUT2D eigenvalue weighted by atomic mass is 9.82. The molecule has 2 aliphatic rings. The summed E-state index contributed by atoms with van der Waals surface area (Å²) in [5.41, 5.74) is 1.72. The number of benzene rings is 5. The van der Waals surface area contributed by atoms with Crippen molar-refractivity contribution in [1.82, 2.24) is 4.90 Å². The molecule has 1 heterocycles. The van der Waals surface area contributed by atoms with E-state index >= 15 is 0 Å². The Labute approximate surface area is 261 Å². The minimum absolute atomic E-state index is 0.0744. The molecular formula is C38H37NO6. The predicted molar refractivity (Wildman–Crippen MR) is 175 cm³/mol. The first kappa shape index (κ1) is 29.2. The molecule has 0 atom stereocenters. The Balaban J connectivity index is 1.48. The Hall–Kier alpha value is -4.52. The predicted octanol–water partition coefficient (Wildman–Crippen LogP) is 8.58. The molecule has 7 nitrogen and oxygen atoms in total. The lowest BCUT2D eigenvalue weighted by molar-refractivity contribution is 0.0486. The highest BCUT2D eigenvalue weighted by Gasteiger charge is 2.38. The number of amides is 2. The largest absolute Gasteiger partial charge is 0.462 e. The molecule has 7 heteroatoms. The molecule has 0 unspecified atom stereocenters. The molecule has 45 heavy (non-hydrogen) atoms. The van der Waals surface area contributed by atoms with Gasteiger partial charge in [0.25, 0.3) is 11.8 Å². The maximum absolute atomic E-state index is 13.9. The highest BCUT2D eigenvalue weighted by Crippen LogP contribution is 2.46. The van der Waals surface area contributed by atoms with Crippen LogP contribution in [0.3, 0.4) is 0 Å². The van der Waals surface area contributed by atoms with Crippen LogP contribution in [0.25, 0.3) is 43.1 Å². The van der Waals surface area contributed by atoms with Crippen LogP contribution in [0, 0.1) is 0 Å². The quantitative estimate of drug-likeness (QED) is 0.0551. The molecule has 0 bridgehead atoms. The zero-order chi connectivity index (χ0) is 31.2. The van der Waals surface area contributed by atoms with E-state index in [-0.39, 0.29) is 17.9 Å². The third-order valence-electron chi connectivity index (χ3n) is 9.64. The van der Waals surface area contributed by atoms with Crippen molar-refractivity contribution in [3.63, 3.8) is 0 Å². The van der Waals surface area contributed by atoms with Gasteiger partial charge in [-0.15, -0.1) is 0 Å². The van der Waals surface area contributed by atoms with Crippen molar-refractivity contribution in [2.24, 2.45) is 0 Å². The van der Waals surface area contributed by atoms with E-state index in [0.29, 0.717) is 46.2 Å². The molecule has 0 aromatic heterocycles. The fourth-order valence-electron chi connectivity index (χ4n) is 7.38. The van der Waals surface area contributed by atoms with Crippen molar-refractivity contribution in [2.45, 2.75) is 77.7 Å². The lowest BCUT2D eigenvalue weighted by Crippen LogP contribution is -2.47. The summed E-state index contributed by atoms with van der Waals surface area (Å²) >= 11 is 0. The lowest BCUT2D eigenvalue weighted by Gasteiger charge is -2.36. The summed E-state index contributed by atoms with van der Waals surface area (Å²) in [5.74, 6) is -1.42. The molecule has 7 rings (SSSR count). The first-order chi connectivity index (χ1) is 22.0. The van der Waals surface area contributed by atoms with Crippen LogP contribution < -0.4 is 0 Å². The summed E-state index contributed by atoms with van der Waals surface area (Å²) in [7, 11) is 0. The van der Waals surface area contributed by atoms with Gasteiger partial charge in [-0.05, 0) is 82.3 Å². The highest BCUT2D eigenvalue weighted by atomic mass is 16.5. The molecule has 0 N–H and O–H groups in total. The number of imide groups is 1. The zero-order valence-corrected chi connectivity index (χ0v) is 25.9. The molecule has 230 valence electrons. The number of carbonyl (C=O) groups excluding carboxylic acids is 4. The second kappa shape index (κ2) is 11.8. The number of rotatable bonds is 9. The Kier molecular flexibility index (Phi) is 7.64. The van der Waals surface area contributed by atoms with Crippen molar-refractivity contribution in [3.8, 4) is 0 Å². The Morgan fingerprint density at radius 1 is 0.622 bits per heavy atom. The molecule has 0 spiro atoms. The fourth-order valence-corrected chi connectivity index (χ4v) is 7.38. The summed E-state index contributed by atoms with van der Waals surface area (Å²) in [6.45, 7) is 4.65. The van der Waals surface area contributed by atoms with Crippen LogP contribution in [0.5, 0.6) is 0 Å². The molecular weight excluding hydrogens is 566 g/mol. The second-order valence-electron chi connectivity index (χ2n) is 12.4. The first-order valence-corrected chi connectivity index (χ1v) is 16.4. The van der Waals surface area contributed by atoms with E-state index in [4.69, 9.17) is 9.47 Å². The van der Waals surface area contributed by atoms with E-state index in [1.807, 2.05) is 50.2 Å². The van der Waals surface area contributed by atoms with Crippen molar-refractivity contribution in [2.75, 3.05) is 13.2 Å². The summed E-state index contributed by atoms with van der Waals surface area (Å²) < 4.78 is 11.3. The molecule has 5 aromatic carbocycles. The number of ether oxygens (including phenoxy) is 2. The maximum Gasteiger partial charge on any atom is 0.338 e. The molecule has 1 saturated carbocycles. The van der Waals surface area contributed by atoms with E-state index in [1.54, 1.807) is 12.1 Å². The fraction of sp³-hybridized carbons (Fsp3) is 0.368. The van der Waals surface area contributed by atoms with Gasteiger partial charge < -0.3 is 9.47 Å². The topological polar surface area (TPSA) is 90.0 Å². The van der Waals surface area contributed by atoms with E-state index in [1.165, 1.54) is 4.90 Å². The van der Waals surface area contributed by atoms with E-state index in [0.717, 1.165) is 90.1 Å². The van der Waals surface area contributed by atoms with Crippen LogP contribution >= 0.6 is 0 Å². The van der Waals surface area contributed by atoms with Crippen LogP contribution in [0.4, 0.5) is 0 Å². The van der Waals surface area contributed by atoms with Gasteiger partial charge in [0, 0.05) is 27.9 Å². The van der Waals surface area contributed by atoms with Crippen molar-refractivity contribution in [1.29, 1.82) is 0 Å². The Bertz CT molecular complexity index is 1880. The van der Waals surface area contributed by atoms with E-state index in [2.05, 4.69) is 0 Å². The number of hydrogen-bond donors (Lipinski definition) is 0. The molecule has 1 aliphatic heterocycles. The summed E-state index contributed by atoms with van der Waals surface area (Å²) in [5, 5.41) is 6.17. The third-order valence-corrected chi connectivity index (χ3v) is 9.64. The van der Waals surface area contributed by atoms with Gasteiger partial charge in [0.1, 0.15) is 0 Å². The summed E-state index contributed by atoms with van der Waals surface area (Å²) in [6, 6.07) is 14.7. The third kappa shape index (κ3) is 4.63. The van der Waals surface area contributed by atoms with Gasteiger partial charge in [0.05, 0.1) is 24.3 Å². The van der Waals surface area contributed by atoms with Gasteiger partial charge in [-0.1, -0.05) is 70.2 Å². The van der Waals surface area contributed by atoms with Gasteiger partial charge in [0.15, 0.2) is 0 Å². The molecule has 5 aromatic rings. The van der Waals surface area contributed by atoms with Gasteiger partial charge in [-0.3, -0.25) is 14.5 Å². The molecule has 0 radical (unpaired) electrons. The average molecular weight is 604 g/mol. The monoisotopic (exact) mass is 603 g/mol. The van der Waals surface area contributed by atoms with Crippen LogP contribution in [0.15, 0.2) is 48.5 Å². The normalized spacial score (nSPS) is 15.6. The second-order valence-corrected chi connectivity index (χ2v) is 12.4. The standard InChI is InChI=1S/C38H37NO6/c1-3-5-20-44-37(42)29-18-14-25-23-12-16-27-33-28(36(41)39(35(27)40)22-10-8-7-9-11-22)17-13-24(31(23)33)26-15-19-30(34(29)32(25)26)38(43)45-21-6-4-2/h12-19,22H,3-11,20-21H2,1-2H3. The van der Waals surface area contributed by atoms with Crippen molar-refractivity contribution < 1.29 is 28.7 Å². The van der Waals surface area contributed by atoms with E-state index in [9.17, 15) is 19.2 Å². The smallest absolute Gasteiger partial charge is 0.338 e. The average Bonchev–Trinajstić information content (AvgIpc) is 3.06. The molecule has 1 aliphatic carbocycles. The number of esters is 2. The summed E-state index contributed by atoms with van der Waals surface area (Å²) in [6.07, 6.45) is 8.12. The SMILES string of the molecule is CCCCOC(=O)c1ccc2c3ccc4c5c(ccc(c6ccc(C(=O)OCCCC)c1c26)c53)C(=O)N(C1CCCCC1)C4=O. The number of unbranched alkanes of at least 4 members (excludes halogenated alkanes) is 2.